The van der Waals surface area contributed by atoms with E-state index in [9.17, 15) is 4.79 Å². The Morgan fingerprint density at radius 2 is 2.25 bits per heavy atom. The SMILES string of the molecule is CC(=O)Nc1ccc(Cl)cc1CCC(C)N. The van der Waals surface area contributed by atoms with Crippen LogP contribution in [0.5, 0.6) is 0 Å². The van der Waals surface area contributed by atoms with E-state index < -0.39 is 0 Å². The van der Waals surface area contributed by atoms with Gasteiger partial charge in [-0.2, -0.15) is 0 Å². The monoisotopic (exact) mass is 240 g/mol. The third kappa shape index (κ3) is 4.21. The van der Waals surface area contributed by atoms with Gasteiger partial charge in [-0.3, -0.25) is 4.79 Å². The number of benzene rings is 1. The molecule has 1 unspecified atom stereocenters. The summed E-state index contributed by atoms with van der Waals surface area (Å²) < 4.78 is 0. The van der Waals surface area contributed by atoms with Crippen molar-refractivity contribution in [2.45, 2.75) is 32.7 Å². The highest BCUT2D eigenvalue weighted by Crippen LogP contribution is 2.22. The first-order chi connectivity index (χ1) is 7.49. The van der Waals surface area contributed by atoms with Crippen molar-refractivity contribution in [3.05, 3.63) is 28.8 Å². The first kappa shape index (κ1) is 13.0. The highest BCUT2D eigenvalue weighted by molar-refractivity contribution is 6.30. The number of amides is 1. The maximum absolute atomic E-state index is 11.0. The minimum absolute atomic E-state index is 0.0793. The number of nitrogens with two attached hydrogens (primary N) is 1. The van der Waals surface area contributed by atoms with Crippen molar-refractivity contribution in [3.8, 4) is 0 Å². The lowest BCUT2D eigenvalue weighted by Gasteiger charge is -2.11. The van der Waals surface area contributed by atoms with Crippen molar-refractivity contribution in [1.82, 2.24) is 0 Å². The molecule has 0 aliphatic carbocycles. The quantitative estimate of drug-likeness (QED) is 0.850. The molecule has 1 rings (SSSR count). The van der Waals surface area contributed by atoms with Gasteiger partial charge < -0.3 is 11.1 Å². The van der Waals surface area contributed by atoms with E-state index in [-0.39, 0.29) is 11.9 Å². The maximum atomic E-state index is 11.0. The van der Waals surface area contributed by atoms with Crippen LogP contribution in [0.25, 0.3) is 0 Å². The Labute approximate surface area is 101 Å². The Hall–Kier alpha value is -1.06. The number of rotatable bonds is 4. The number of nitrogens with one attached hydrogen (secondary N) is 1. The summed E-state index contributed by atoms with van der Waals surface area (Å²) in [5.74, 6) is -0.0793. The second-order valence-electron chi connectivity index (χ2n) is 4.00. The number of halogens is 1. The molecule has 0 fully saturated rings. The molecular formula is C12H17ClN2O. The average Bonchev–Trinajstić information content (AvgIpc) is 2.17. The van der Waals surface area contributed by atoms with E-state index in [1.54, 1.807) is 6.07 Å². The zero-order valence-corrected chi connectivity index (χ0v) is 10.3. The Bertz CT molecular complexity index is 377. The van der Waals surface area contributed by atoms with E-state index in [1.165, 1.54) is 6.92 Å². The minimum Gasteiger partial charge on any atom is -0.328 e. The van der Waals surface area contributed by atoms with Gasteiger partial charge in [0.2, 0.25) is 5.91 Å². The predicted molar refractivity (Wildman–Crippen MR) is 67.7 cm³/mol. The van der Waals surface area contributed by atoms with E-state index in [1.807, 2.05) is 19.1 Å². The standard InChI is InChI=1S/C12H17ClN2O/c1-8(14)3-4-10-7-11(13)5-6-12(10)15-9(2)16/h5-8H,3-4,14H2,1-2H3,(H,15,16). The fraction of sp³-hybridized carbons (Fsp3) is 0.417. The second kappa shape index (κ2) is 5.87. The number of carbonyl (C=O) groups is 1. The van der Waals surface area contributed by atoms with Crippen LogP contribution in [0.2, 0.25) is 5.02 Å². The van der Waals surface area contributed by atoms with Gasteiger partial charge in [0.25, 0.3) is 0 Å². The molecular weight excluding hydrogens is 224 g/mol. The van der Waals surface area contributed by atoms with Crippen molar-refractivity contribution in [2.75, 3.05) is 5.32 Å². The van der Waals surface area contributed by atoms with Crippen LogP contribution in [-0.4, -0.2) is 11.9 Å². The summed E-state index contributed by atoms with van der Waals surface area (Å²) in [5.41, 5.74) is 7.55. The number of anilines is 1. The van der Waals surface area contributed by atoms with Crippen LogP contribution >= 0.6 is 11.6 Å². The normalized spacial score (nSPS) is 12.2. The molecule has 3 nitrogen and oxygen atoms in total. The molecule has 1 atom stereocenters. The minimum atomic E-state index is -0.0793. The molecule has 0 radical (unpaired) electrons. The van der Waals surface area contributed by atoms with E-state index >= 15 is 0 Å². The van der Waals surface area contributed by atoms with Crippen LogP contribution in [0.15, 0.2) is 18.2 Å². The lowest BCUT2D eigenvalue weighted by Crippen LogP contribution is -2.16. The van der Waals surface area contributed by atoms with Gasteiger partial charge in [-0.1, -0.05) is 11.6 Å². The summed E-state index contributed by atoms with van der Waals surface area (Å²) >= 11 is 5.92. The summed E-state index contributed by atoms with van der Waals surface area (Å²) in [6, 6.07) is 5.60. The lowest BCUT2D eigenvalue weighted by atomic mass is 10.0. The van der Waals surface area contributed by atoms with E-state index in [4.69, 9.17) is 17.3 Å². The third-order valence-corrected chi connectivity index (χ3v) is 2.48. The summed E-state index contributed by atoms with van der Waals surface area (Å²) in [7, 11) is 0. The number of aryl methyl sites for hydroxylation is 1. The van der Waals surface area contributed by atoms with Crippen LogP contribution < -0.4 is 11.1 Å². The first-order valence-corrected chi connectivity index (χ1v) is 5.68. The zero-order chi connectivity index (χ0) is 12.1. The first-order valence-electron chi connectivity index (χ1n) is 5.30. The highest BCUT2D eigenvalue weighted by Gasteiger charge is 2.06. The highest BCUT2D eigenvalue weighted by atomic mass is 35.5. The molecule has 1 aromatic rings. The summed E-state index contributed by atoms with van der Waals surface area (Å²) in [6.45, 7) is 3.45. The van der Waals surface area contributed by atoms with Crippen molar-refractivity contribution in [3.63, 3.8) is 0 Å². The summed E-state index contributed by atoms with van der Waals surface area (Å²) in [5, 5.41) is 3.46. The van der Waals surface area contributed by atoms with Crippen LogP contribution in [0.3, 0.4) is 0 Å². The Morgan fingerprint density at radius 3 is 2.81 bits per heavy atom. The smallest absolute Gasteiger partial charge is 0.221 e. The van der Waals surface area contributed by atoms with Crippen molar-refractivity contribution in [2.24, 2.45) is 5.73 Å². The molecule has 3 N–H and O–H groups in total. The molecule has 0 spiro atoms. The molecule has 1 amide bonds. The van der Waals surface area contributed by atoms with Gasteiger partial charge in [0, 0.05) is 23.7 Å². The topological polar surface area (TPSA) is 55.1 Å². The Morgan fingerprint density at radius 1 is 1.56 bits per heavy atom. The Kier molecular flexibility index (Phi) is 4.77. The zero-order valence-electron chi connectivity index (χ0n) is 9.59. The van der Waals surface area contributed by atoms with E-state index in [2.05, 4.69) is 5.32 Å². The van der Waals surface area contributed by atoms with Gasteiger partial charge in [-0.15, -0.1) is 0 Å². The molecule has 0 saturated carbocycles. The maximum Gasteiger partial charge on any atom is 0.221 e. The molecule has 0 heterocycles. The molecule has 0 bridgehead atoms. The molecule has 1 aromatic carbocycles. The molecule has 16 heavy (non-hydrogen) atoms. The van der Waals surface area contributed by atoms with Crippen molar-refractivity contribution >= 4 is 23.2 Å². The Balaban J connectivity index is 2.85. The van der Waals surface area contributed by atoms with E-state index in [0.717, 1.165) is 24.1 Å². The fourth-order valence-electron chi connectivity index (χ4n) is 1.46. The number of hydrogen-bond donors (Lipinski definition) is 2. The summed E-state index contributed by atoms with van der Waals surface area (Å²) in [6.07, 6.45) is 1.68. The molecule has 0 saturated heterocycles. The molecule has 0 aliphatic rings. The average molecular weight is 241 g/mol. The second-order valence-corrected chi connectivity index (χ2v) is 4.44. The molecule has 88 valence electrons. The number of carbonyl (C=O) groups excluding carboxylic acids is 1. The lowest BCUT2D eigenvalue weighted by molar-refractivity contribution is -0.114. The van der Waals surface area contributed by atoms with Crippen LogP contribution in [0, 0.1) is 0 Å². The van der Waals surface area contributed by atoms with Gasteiger partial charge in [0.05, 0.1) is 0 Å². The van der Waals surface area contributed by atoms with Crippen LogP contribution in [0.1, 0.15) is 25.8 Å². The van der Waals surface area contributed by atoms with Gasteiger partial charge in [-0.25, -0.2) is 0 Å². The molecule has 0 aliphatic heterocycles. The largest absolute Gasteiger partial charge is 0.328 e. The van der Waals surface area contributed by atoms with Crippen LogP contribution in [-0.2, 0) is 11.2 Å². The van der Waals surface area contributed by atoms with Gasteiger partial charge in [0.15, 0.2) is 0 Å². The third-order valence-electron chi connectivity index (χ3n) is 2.25. The predicted octanol–water partition coefficient (Wildman–Crippen LogP) is 2.58. The van der Waals surface area contributed by atoms with Crippen molar-refractivity contribution in [1.29, 1.82) is 0 Å². The fourth-order valence-corrected chi connectivity index (χ4v) is 1.66. The summed E-state index contributed by atoms with van der Waals surface area (Å²) in [4.78, 5) is 11.0. The van der Waals surface area contributed by atoms with Gasteiger partial charge in [-0.05, 0) is 43.5 Å². The van der Waals surface area contributed by atoms with Crippen LogP contribution in [0.4, 0.5) is 5.69 Å². The van der Waals surface area contributed by atoms with Gasteiger partial charge >= 0.3 is 0 Å². The molecule has 4 heteroatoms. The molecule has 0 aromatic heterocycles. The van der Waals surface area contributed by atoms with Crippen molar-refractivity contribution < 1.29 is 4.79 Å². The van der Waals surface area contributed by atoms with Gasteiger partial charge in [0.1, 0.15) is 0 Å². The number of hydrogen-bond acceptors (Lipinski definition) is 2. The van der Waals surface area contributed by atoms with E-state index in [0.29, 0.717) is 5.02 Å².